The first-order valence-corrected chi connectivity index (χ1v) is 17.9. The number of rotatable bonds is 31. The monoisotopic (exact) mass is 608 g/mol. The van der Waals surface area contributed by atoms with Crippen molar-refractivity contribution in [3.8, 4) is 0 Å². The zero-order valence-electron chi connectivity index (χ0n) is 27.9. The van der Waals surface area contributed by atoms with Crippen LogP contribution in [0.4, 0.5) is 0 Å². The first kappa shape index (κ1) is 41.5. The lowest BCUT2D eigenvalue weighted by Gasteiger charge is -2.27. The summed E-state index contributed by atoms with van der Waals surface area (Å²) < 4.78 is 0. The third-order valence-corrected chi connectivity index (χ3v) is 8.10. The fourth-order valence-electron chi connectivity index (χ4n) is 5.16. The Hall–Kier alpha value is -1.47. The Labute approximate surface area is 265 Å². The van der Waals surface area contributed by atoms with E-state index in [1.165, 1.54) is 70.6 Å². The molecular weight excluding hydrogens is 538 g/mol. The maximum atomic E-state index is 12.4. The second-order valence-corrected chi connectivity index (χ2v) is 12.2. The molecule has 0 aromatic rings. The number of amides is 1. The standard InChI is InChI=1S/C37H69NO5/c1-3-5-7-9-11-13-15-17-19-21-23-25-27-29-31-35(41)37(43)38-33(32-39)36(42)34(40)30-28-26-24-22-20-18-16-14-12-10-8-6-4-2/h11,13,15,17,22,24,33-36,39-42H,3-10,12,14,16,18-21,23,25-32H2,1-2H3,(H,38,43)/b13-11-,17-15-,24-22+. The van der Waals surface area contributed by atoms with Crippen LogP contribution in [0.25, 0.3) is 0 Å². The number of nitrogens with one attached hydrogen (secondary N) is 1. The van der Waals surface area contributed by atoms with Crippen LogP contribution in [0.3, 0.4) is 0 Å². The van der Waals surface area contributed by atoms with E-state index in [2.05, 4.69) is 55.6 Å². The van der Waals surface area contributed by atoms with Gasteiger partial charge in [-0.25, -0.2) is 0 Å². The molecule has 43 heavy (non-hydrogen) atoms. The van der Waals surface area contributed by atoms with Gasteiger partial charge in [0.1, 0.15) is 12.2 Å². The van der Waals surface area contributed by atoms with Crippen molar-refractivity contribution >= 4 is 5.91 Å². The minimum atomic E-state index is -1.28. The van der Waals surface area contributed by atoms with Gasteiger partial charge in [-0.3, -0.25) is 4.79 Å². The molecule has 1 amide bonds. The van der Waals surface area contributed by atoms with E-state index >= 15 is 0 Å². The van der Waals surface area contributed by atoms with E-state index in [1.807, 2.05) is 0 Å². The van der Waals surface area contributed by atoms with Gasteiger partial charge in [0.2, 0.25) is 5.91 Å². The molecule has 0 rings (SSSR count). The molecule has 0 aromatic carbocycles. The Morgan fingerprint density at radius 3 is 1.58 bits per heavy atom. The molecule has 0 saturated heterocycles. The molecule has 0 spiro atoms. The number of unbranched alkanes of at least 4 members (excludes halogenated alkanes) is 17. The van der Waals surface area contributed by atoms with Gasteiger partial charge < -0.3 is 25.7 Å². The van der Waals surface area contributed by atoms with Crippen molar-refractivity contribution in [2.45, 2.75) is 186 Å². The third kappa shape index (κ3) is 26.6. The van der Waals surface area contributed by atoms with Gasteiger partial charge in [0, 0.05) is 0 Å². The number of carbonyl (C=O) groups is 1. The Balaban J connectivity index is 3.93. The van der Waals surface area contributed by atoms with Crippen LogP contribution in [0.15, 0.2) is 36.5 Å². The summed E-state index contributed by atoms with van der Waals surface area (Å²) in [6.45, 7) is 3.96. The smallest absolute Gasteiger partial charge is 0.249 e. The Morgan fingerprint density at radius 1 is 0.581 bits per heavy atom. The average Bonchev–Trinajstić information content (AvgIpc) is 3.01. The number of hydrogen-bond donors (Lipinski definition) is 5. The molecule has 0 heterocycles. The molecule has 4 unspecified atom stereocenters. The van der Waals surface area contributed by atoms with E-state index in [4.69, 9.17) is 0 Å². The molecule has 0 bridgehead atoms. The highest BCUT2D eigenvalue weighted by Gasteiger charge is 2.28. The molecule has 6 nitrogen and oxygen atoms in total. The first-order chi connectivity index (χ1) is 21.0. The lowest BCUT2D eigenvalue weighted by molar-refractivity contribution is -0.132. The van der Waals surface area contributed by atoms with Crippen molar-refractivity contribution in [2.75, 3.05) is 6.61 Å². The van der Waals surface area contributed by atoms with Gasteiger partial charge in [0.15, 0.2) is 0 Å². The zero-order chi connectivity index (χ0) is 31.8. The third-order valence-electron chi connectivity index (χ3n) is 8.10. The van der Waals surface area contributed by atoms with E-state index < -0.39 is 36.9 Å². The van der Waals surface area contributed by atoms with E-state index in [0.717, 1.165) is 57.8 Å². The highest BCUT2D eigenvalue weighted by molar-refractivity contribution is 5.80. The van der Waals surface area contributed by atoms with Crippen LogP contribution in [0, 0.1) is 0 Å². The normalized spacial score (nSPS) is 15.0. The Morgan fingerprint density at radius 2 is 1.02 bits per heavy atom. The molecule has 0 aromatic heterocycles. The summed E-state index contributed by atoms with van der Waals surface area (Å²) in [5, 5.41) is 43.3. The van der Waals surface area contributed by atoms with Crippen LogP contribution in [0.1, 0.15) is 162 Å². The number of aliphatic hydroxyl groups excluding tert-OH is 4. The molecule has 4 atom stereocenters. The van der Waals surface area contributed by atoms with Gasteiger partial charge in [0.05, 0.1) is 18.8 Å². The molecule has 252 valence electrons. The molecule has 5 N–H and O–H groups in total. The fourth-order valence-corrected chi connectivity index (χ4v) is 5.16. The van der Waals surface area contributed by atoms with Crippen LogP contribution < -0.4 is 5.32 Å². The predicted octanol–water partition coefficient (Wildman–Crippen LogP) is 8.23. The van der Waals surface area contributed by atoms with Crippen LogP contribution in [-0.4, -0.2) is 57.3 Å². The van der Waals surface area contributed by atoms with Crippen molar-refractivity contribution in [1.29, 1.82) is 0 Å². The number of hydrogen-bond acceptors (Lipinski definition) is 5. The lowest BCUT2D eigenvalue weighted by Crippen LogP contribution is -2.53. The van der Waals surface area contributed by atoms with Crippen molar-refractivity contribution < 1.29 is 25.2 Å². The Kier molecular flexibility index (Phi) is 30.8. The van der Waals surface area contributed by atoms with Crippen LogP contribution in [0.5, 0.6) is 0 Å². The molecule has 0 aliphatic carbocycles. The van der Waals surface area contributed by atoms with Gasteiger partial charge in [-0.05, 0) is 64.2 Å². The quantitative estimate of drug-likeness (QED) is 0.0310. The number of carbonyl (C=O) groups excluding carboxylic acids is 1. The molecule has 0 aliphatic rings. The van der Waals surface area contributed by atoms with E-state index in [0.29, 0.717) is 19.3 Å². The minimum absolute atomic E-state index is 0.344. The number of aliphatic hydroxyl groups is 4. The van der Waals surface area contributed by atoms with Crippen molar-refractivity contribution in [3.05, 3.63) is 36.5 Å². The minimum Gasteiger partial charge on any atom is -0.394 e. The molecular formula is C37H69NO5. The summed E-state index contributed by atoms with van der Waals surface area (Å²) in [7, 11) is 0. The fraction of sp³-hybridized carbons (Fsp3) is 0.811. The molecule has 0 saturated carbocycles. The summed E-state index contributed by atoms with van der Waals surface area (Å²) >= 11 is 0. The van der Waals surface area contributed by atoms with Crippen molar-refractivity contribution in [1.82, 2.24) is 5.32 Å². The average molecular weight is 608 g/mol. The van der Waals surface area contributed by atoms with E-state index in [-0.39, 0.29) is 0 Å². The van der Waals surface area contributed by atoms with E-state index in [1.54, 1.807) is 0 Å². The largest absolute Gasteiger partial charge is 0.394 e. The van der Waals surface area contributed by atoms with Crippen molar-refractivity contribution in [2.24, 2.45) is 0 Å². The summed E-state index contributed by atoms with van der Waals surface area (Å²) in [4.78, 5) is 12.4. The second kappa shape index (κ2) is 31.9. The molecule has 6 heteroatoms. The zero-order valence-corrected chi connectivity index (χ0v) is 27.9. The van der Waals surface area contributed by atoms with Crippen LogP contribution in [-0.2, 0) is 4.79 Å². The summed E-state index contributed by atoms with van der Waals surface area (Å²) in [5.74, 6) is -0.609. The molecule has 0 fully saturated rings. The topological polar surface area (TPSA) is 110 Å². The first-order valence-electron chi connectivity index (χ1n) is 17.9. The van der Waals surface area contributed by atoms with Gasteiger partial charge in [-0.15, -0.1) is 0 Å². The SMILES string of the molecule is CCCCC/C=C\C=C/CCCCCCCC(O)C(=O)NC(CO)C(O)C(O)CCC/C=C/CCCCCCCCCC. The van der Waals surface area contributed by atoms with Crippen LogP contribution in [0.2, 0.25) is 0 Å². The maximum absolute atomic E-state index is 12.4. The second-order valence-electron chi connectivity index (χ2n) is 12.2. The van der Waals surface area contributed by atoms with Gasteiger partial charge >= 0.3 is 0 Å². The van der Waals surface area contributed by atoms with Gasteiger partial charge in [-0.2, -0.15) is 0 Å². The highest BCUT2D eigenvalue weighted by atomic mass is 16.3. The summed E-state index contributed by atoms with van der Waals surface area (Å²) in [6.07, 6.45) is 34.4. The highest BCUT2D eigenvalue weighted by Crippen LogP contribution is 2.13. The van der Waals surface area contributed by atoms with Crippen molar-refractivity contribution in [3.63, 3.8) is 0 Å². The predicted molar refractivity (Wildman–Crippen MR) is 182 cm³/mol. The van der Waals surface area contributed by atoms with E-state index in [9.17, 15) is 25.2 Å². The summed E-state index contributed by atoms with van der Waals surface area (Å²) in [5.41, 5.74) is 0. The summed E-state index contributed by atoms with van der Waals surface area (Å²) in [6, 6.07) is -1.01. The maximum Gasteiger partial charge on any atom is 0.249 e. The number of allylic oxidation sites excluding steroid dienone is 6. The van der Waals surface area contributed by atoms with Gasteiger partial charge in [0.25, 0.3) is 0 Å². The van der Waals surface area contributed by atoms with Crippen LogP contribution >= 0.6 is 0 Å². The van der Waals surface area contributed by atoms with Gasteiger partial charge in [-0.1, -0.05) is 134 Å². The lowest BCUT2D eigenvalue weighted by atomic mass is 10.00. The molecule has 0 aliphatic heterocycles. The Bertz CT molecular complexity index is 692. The molecule has 0 radical (unpaired) electrons.